The van der Waals surface area contributed by atoms with Gasteiger partial charge in [-0.3, -0.25) is 0 Å². The summed E-state index contributed by atoms with van der Waals surface area (Å²) in [4.78, 5) is 0. The van der Waals surface area contributed by atoms with E-state index in [1.807, 2.05) is 0 Å². The van der Waals surface area contributed by atoms with Crippen molar-refractivity contribution in [2.24, 2.45) is 0 Å². The molecule has 0 spiro atoms. The van der Waals surface area contributed by atoms with Crippen molar-refractivity contribution in [2.45, 2.75) is 43.2 Å². The van der Waals surface area contributed by atoms with E-state index in [9.17, 15) is 43.5 Å². The van der Waals surface area contributed by atoms with Crippen LogP contribution in [0.2, 0.25) is 0 Å². The van der Waals surface area contributed by atoms with E-state index >= 15 is 0 Å². The summed E-state index contributed by atoms with van der Waals surface area (Å²) in [6, 6.07) is -1.29. The summed E-state index contributed by atoms with van der Waals surface area (Å²) in [5.41, 5.74) is -5.52. The number of halogens is 9. The van der Waals surface area contributed by atoms with Gasteiger partial charge in [0.1, 0.15) is 5.56 Å². The lowest BCUT2D eigenvalue weighted by atomic mass is 10.1. The van der Waals surface area contributed by atoms with E-state index in [1.54, 1.807) is 0 Å². The molecule has 1 heterocycles. The van der Waals surface area contributed by atoms with Crippen molar-refractivity contribution >= 4 is 19.7 Å². The molecule has 0 unspecified atom stereocenters. The van der Waals surface area contributed by atoms with E-state index in [1.165, 1.54) is 0 Å². The van der Waals surface area contributed by atoms with Gasteiger partial charge in [0.25, 0.3) is 9.05 Å². The Balaban J connectivity index is 4.03. The minimum absolute atomic E-state index is 0.139. The summed E-state index contributed by atoms with van der Waals surface area (Å²) in [6.45, 7) is 2.04. The molecule has 0 aromatic carbocycles. The Morgan fingerprint density at radius 1 is 1.04 bits per heavy atom. The molecule has 0 N–H and O–H groups in total. The fourth-order valence-corrected chi connectivity index (χ4v) is 2.99. The number of alkyl halides is 8. The van der Waals surface area contributed by atoms with Gasteiger partial charge in [-0.25, -0.2) is 13.1 Å². The Morgan fingerprint density at radius 2 is 1.48 bits per heavy atom. The highest BCUT2D eigenvalue weighted by molar-refractivity contribution is 8.13. The van der Waals surface area contributed by atoms with E-state index in [0.717, 1.165) is 13.8 Å². The number of nitrogens with zero attached hydrogens (tertiary/aromatic N) is 2. The fourth-order valence-electron chi connectivity index (χ4n) is 1.61. The van der Waals surface area contributed by atoms with Crippen LogP contribution in [0.1, 0.15) is 31.1 Å². The maximum Gasteiger partial charge on any atom is 0.459 e. The van der Waals surface area contributed by atoms with Gasteiger partial charge in [-0.05, 0) is 13.8 Å². The zero-order chi connectivity index (χ0) is 18.6. The minimum Gasteiger partial charge on any atom is -0.249 e. The maximum absolute atomic E-state index is 13.4. The second-order valence-corrected chi connectivity index (χ2v) is 7.06. The lowest BCUT2D eigenvalue weighted by Gasteiger charge is -2.19. The monoisotopic (exact) mass is 394 g/mol. The van der Waals surface area contributed by atoms with Crippen molar-refractivity contribution in [1.82, 2.24) is 9.78 Å². The quantitative estimate of drug-likeness (QED) is 0.574. The topological polar surface area (TPSA) is 52.0 Å². The molecule has 0 aliphatic carbocycles. The molecular formula is C9H7ClF8N2O2S. The number of hydrogen-bond acceptors (Lipinski definition) is 3. The molecule has 0 radical (unpaired) electrons. The standard InChI is InChI=1S/C9H7ClF8N2O2S/c1-3(2)20-6(23(10,21)22)4(8(13,14)15)5(19-20)7(11,12)9(16,17)18/h3H,1-2H3. The molecule has 14 heteroatoms. The van der Waals surface area contributed by atoms with Crippen molar-refractivity contribution in [3.8, 4) is 0 Å². The minimum atomic E-state index is -6.42. The van der Waals surface area contributed by atoms with Gasteiger partial charge in [0.05, 0.1) is 0 Å². The first-order valence-electron chi connectivity index (χ1n) is 5.51. The van der Waals surface area contributed by atoms with Gasteiger partial charge in [0.2, 0.25) is 0 Å². The summed E-state index contributed by atoms with van der Waals surface area (Å²) in [7, 11) is -0.543. The van der Waals surface area contributed by atoms with E-state index in [0.29, 0.717) is 0 Å². The van der Waals surface area contributed by atoms with E-state index < -0.39 is 49.7 Å². The Bertz CT molecular complexity index is 704. The van der Waals surface area contributed by atoms with Gasteiger partial charge in [-0.1, -0.05) is 0 Å². The molecule has 1 rings (SSSR count). The van der Waals surface area contributed by atoms with Crippen molar-refractivity contribution in [2.75, 3.05) is 0 Å². The second-order valence-electron chi connectivity index (χ2n) is 4.57. The third kappa shape index (κ3) is 3.54. The van der Waals surface area contributed by atoms with E-state index in [-0.39, 0.29) is 4.68 Å². The Hall–Kier alpha value is -1.11. The number of rotatable bonds is 3. The molecule has 0 fully saturated rings. The molecule has 23 heavy (non-hydrogen) atoms. The average Bonchev–Trinajstić information content (AvgIpc) is 2.66. The van der Waals surface area contributed by atoms with Gasteiger partial charge >= 0.3 is 18.3 Å². The van der Waals surface area contributed by atoms with Crippen LogP contribution in [-0.2, 0) is 21.1 Å². The maximum atomic E-state index is 13.4. The molecule has 0 atom stereocenters. The number of aromatic nitrogens is 2. The summed E-state index contributed by atoms with van der Waals surface area (Å²) < 4.78 is 125. The Labute approximate surface area is 128 Å². The fraction of sp³-hybridized carbons (Fsp3) is 0.667. The SMILES string of the molecule is CC(C)n1nc(C(F)(F)C(F)(F)F)c(C(F)(F)F)c1S(=O)(=O)Cl. The molecule has 1 aromatic heterocycles. The van der Waals surface area contributed by atoms with E-state index in [2.05, 4.69) is 5.10 Å². The van der Waals surface area contributed by atoms with Gasteiger partial charge < -0.3 is 0 Å². The lowest BCUT2D eigenvalue weighted by molar-refractivity contribution is -0.292. The van der Waals surface area contributed by atoms with Gasteiger partial charge in [-0.2, -0.15) is 40.2 Å². The van der Waals surface area contributed by atoms with E-state index in [4.69, 9.17) is 10.7 Å². The van der Waals surface area contributed by atoms with Crippen LogP contribution in [-0.4, -0.2) is 24.4 Å². The zero-order valence-corrected chi connectivity index (χ0v) is 12.7. The highest BCUT2D eigenvalue weighted by atomic mass is 35.7. The second kappa shape index (κ2) is 5.46. The Morgan fingerprint density at radius 3 is 1.74 bits per heavy atom. The van der Waals surface area contributed by atoms with Crippen LogP contribution in [0.5, 0.6) is 0 Å². The summed E-state index contributed by atoms with van der Waals surface area (Å²) in [5, 5.41) is 0.572. The molecule has 0 amide bonds. The third-order valence-electron chi connectivity index (χ3n) is 2.52. The van der Waals surface area contributed by atoms with Crippen LogP contribution in [0.25, 0.3) is 0 Å². The first kappa shape index (κ1) is 19.9. The van der Waals surface area contributed by atoms with Crippen LogP contribution >= 0.6 is 10.7 Å². The summed E-state index contributed by atoms with van der Waals surface area (Å²) in [5.74, 6) is -6.03. The molecule has 4 nitrogen and oxygen atoms in total. The smallest absolute Gasteiger partial charge is 0.249 e. The zero-order valence-electron chi connectivity index (χ0n) is 11.1. The molecule has 0 saturated carbocycles. The molecule has 1 aromatic rings. The van der Waals surface area contributed by atoms with Crippen LogP contribution in [0.3, 0.4) is 0 Å². The van der Waals surface area contributed by atoms with Gasteiger partial charge in [0.15, 0.2) is 10.7 Å². The normalized spacial score (nSPS) is 14.6. The van der Waals surface area contributed by atoms with Gasteiger partial charge in [0, 0.05) is 16.7 Å². The van der Waals surface area contributed by atoms with Crippen LogP contribution < -0.4 is 0 Å². The van der Waals surface area contributed by atoms with Crippen LogP contribution in [0, 0.1) is 0 Å². The van der Waals surface area contributed by atoms with Crippen molar-refractivity contribution < 1.29 is 43.5 Å². The molecular weight excluding hydrogens is 388 g/mol. The Kier molecular flexibility index (Phi) is 4.74. The van der Waals surface area contributed by atoms with Gasteiger partial charge in [-0.15, -0.1) is 0 Å². The van der Waals surface area contributed by atoms with Crippen molar-refractivity contribution in [3.05, 3.63) is 11.3 Å². The first-order chi connectivity index (χ1) is 9.92. The lowest BCUT2D eigenvalue weighted by Crippen LogP contribution is -2.36. The first-order valence-corrected chi connectivity index (χ1v) is 7.82. The summed E-state index contributed by atoms with van der Waals surface area (Å²) in [6.07, 6.45) is -12.3. The predicted octanol–water partition coefficient (Wildman–Crippen LogP) is 4.06. The highest BCUT2D eigenvalue weighted by Gasteiger charge is 2.64. The third-order valence-corrected chi connectivity index (χ3v) is 3.82. The summed E-state index contributed by atoms with van der Waals surface area (Å²) >= 11 is 0. The highest BCUT2D eigenvalue weighted by Crippen LogP contribution is 2.50. The van der Waals surface area contributed by atoms with Crippen molar-refractivity contribution in [1.29, 1.82) is 0 Å². The molecule has 0 bridgehead atoms. The largest absolute Gasteiger partial charge is 0.459 e. The molecule has 0 saturated heterocycles. The predicted molar refractivity (Wildman–Crippen MR) is 60.6 cm³/mol. The van der Waals surface area contributed by atoms with Crippen LogP contribution in [0.15, 0.2) is 5.03 Å². The van der Waals surface area contributed by atoms with Crippen LogP contribution in [0.4, 0.5) is 35.1 Å². The number of hydrogen-bond donors (Lipinski definition) is 0. The molecule has 0 aliphatic rings. The molecule has 134 valence electrons. The average molecular weight is 395 g/mol. The van der Waals surface area contributed by atoms with Crippen molar-refractivity contribution in [3.63, 3.8) is 0 Å². The molecule has 0 aliphatic heterocycles.